The number of carbonyl (C=O) groups excluding carboxylic acids is 4. The van der Waals surface area contributed by atoms with E-state index in [2.05, 4.69) is 39.6 Å². The molecule has 0 radical (unpaired) electrons. The number of hydrogen-bond donors (Lipinski definition) is 2. The van der Waals surface area contributed by atoms with Gasteiger partial charge in [0.2, 0.25) is 5.91 Å². The molecule has 2 aliphatic carbocycles. The second-order valence-corrected chi connectivity index (χ2v) is 16.6. The topological polar surface area (TPSA) is 152 Å². The number of ether oxygens (including phenoxy) is 3. The Morgan fingerprint density at radius 2 is 1.30 bits per heavy atom. The average molecular weight is 664 g/mol. The van der Waals surface area contributed by atoms with Crippen molar-refractivity contribution in [1.29, 1.82) is 0 Å². The number of carbonyl (C=O) groups is 5. The highest BCUT2D eigenvalue weighted by Gasteiger charge is 2.71. The van der Waals surface area contributed by atoms with Gasteiger partial charge in [0, 0.05) is 19.0 Å². The SMILES string of the molecule is C=CCCCC[C@H](NC(=O)[C@@H]1[C@@H]2C(CN1C(=O)OC(C)(C)C)C2(C)C)C(=O)OC.CC(C)(C)OC(=O)N1CC2[C@@H]([C@H]1C(=O)O)C2(C)C. The number of carboxylic acids is 1. The first-order valence-corrected chi connectivity index (χ1v) is 16.7. The molecule has 2 saturated carbocycles. The van der Waals surface area contributed by atoms with E-state index in [-0.39, 0.29) is 40.4 Å². The van der Waals surface area contributed by atoms with Crippen LogP contribution in [0, 0.1) is 34.5 Å². The molecule has 12 nitrogen and oxygen atoms in total. The number of unbranched alkanes of at least 4 members (excludes halogenated alkanes) is 2. The fourth-order valence-corrected chi connectivity index (χ4v) is 7.46. The number of carboxylic acid groups (broad SMARTS) is 1. The van der Waals surface area contributed by atoms with E-state index >= 15 is 0 Å². The summed E-state index contributed by atoms with van der Waals surface area (Å²) in [5, 5.41) is 12.2. The van der Waals surface area contributed by atoms with Gasteiger partial charge < -0.3 is 24.6 Å². The van der Waals surface area contributed by atoms with E-state index < -0.39 is 53.5 Å². The van der Waals surface area contributed by atoms with Gasteiger partial charge >= 0.3 is 24.1 Å². The van der Waals surface area contributed by atoms with Crippen LogP contribution in [0.25, 0.3) is 0 Å². The van der Waals surface area contributed by atoms with E-state index in [4.69, 9.17) is 14.2 Å². The second-order valence-electron chi connectivity index (χ2n) is 16.6. The molecule has 12 heteroatoms. The van der Waals surface area contributed by atoms with Gasteiger partial charge in [0.1, 0.15) is 29.3 Å². The first-order chi connectivity index (χ1) is 21.5. The molecule has 7 atom stereocenters. The van der Waals surface area contributed by atoms with E-state index in [1.165, 1.54) is 16.9 Å². The average Bonchev–Trinajstić information content (AvgIpc) is 3.43. The first-order valence-electron chi connectivity index (χ1n) is 16.7. The summed E-state index contributed by atoms with van der Waals surface area (Å²) in [6, 6.07) is -2.09. The van der Waals surface area contributed by atoms with Crippen molar-refractivity contribution in [3.8, 4) is 0 Å². The molecule has 266 valence electrons. The van der Waals surface area contributed by atoms with Gasteiger partial charge in [0.25, 0.3) is 0 Å². The van der Waals surface area contributed by atoms with Crippen molar-refractivity contribution in [1.82, 2.24) is 15.1 Å². The third-order valence-corrected chi connectivity index (χ3v) is 10.1. The van der Waals surface area contributed by atoms with Crippen LogP contribution in [0.1, 0.15) is 94.9 Å². The molecule has 4 fully saturated rings. The zero-order valence-electron chi connectivity index (χ0n) is 30.2. The molecule has 47 heavy (non-hydrogen) atoms. The van der Waals surface area contributed by atoms with Gasteiger partial charge in [0.05, 0.1) is 7.11 Å². The highest BCUT2D eigenvalue weighted by Crippen LogP contribution is 2.65. The standard InChI is InChI=1S/C22H36N2O5.C13H21NO4/c1-8-9-10-11-12-15(19(26)28-7)23-18(25)17-16-14(22(16,5)6)13-24(17)20(27)29-21(2,3)4;1-12(2,3)18-11(17)14-6-7-8(13(7,4)5)9(14)10(15)16/h8,14-17H,1,9-13H2,2-7H3,(H,23,25);7-9H,6H2,1-5H3,(H,15,16)/t14?,15-,16-,17-;7?,8-,9-/m00/s1. The van der Waals surface area contributed by atoms with Gasteiger partial charge in [-0.05, 0) is 89.4 Å². The van der Waals surface area contributed by atoms with Crippen LogP contribution >= 0.6 is 0 Å². The molecular weight excluding hydrogens is 606 g/mol. The Morgan fingerprint density at radius 1 is 0.851 bits per heavy atom. The fourth-order valence-electron chi connectivity index (χ4n) is 7.46. The van der Waals surface area contributed by atoms with Crippen LogP contribution in [0.2, 0.25) is 0 Å². The van der Waals surface area contributed by atoms with E-state index in [1.54, 1.807) is 41.5 Å². The van der Waals surface area contributed by atoms with E-state index in [1.807, 2.05) is 6.08 Å². The van der Waals surface area contributed by atoms with Gasteiger partial charge in [-0.3, -0.25) is 14.6 Å². The molecular formula is C35H57N3O9. The summed E-state index contributed by atoms with van der Waals surface area (Å²) in [5.41, 5.74) is -1.21. The Morgan fingerprint density at radius 3 is 1.70 bits per heavy atom. The number of amides is 3. The van der Waals surface area contributed by atoms with Gasteiger partial charge in [0.15, 0.2) is 0 Å². The van der Waals surface area contributed by atoms with E-state index in [0.717, 1.165) is 19.3 Å². The van der Waals surface area contributed by atoms with Crippen molar-refractivity contribution in [2.45, 2.75) is 124 Å². The zero-order chi connectivity index (χ0) is 35.9. The summed E-state index contributed by atoms with van der Waals surface area (Å²) in [6.07, 6.45) is 3.83. The number of allylic oxidation sites excluding steroid dienone is 1. The number of nitrogens with zero attached hydrogens (tertiary/aromatic N) is 2. The predicted molar refractivity (Wildman–Crippen MR) is 175 cm³/mol. The number of esters is 1. The second kappa shape index (κ2) is 13.7. The van der Waals surface area contributed by atoms with Gasteiger partial charge in [-0.1, -0.05) is 40.2 Å². The Labute approximate surface area is 279 Å². The van der Waals surface area contributed by atoms with Crippen molar-refractivity contribution in [2.24, 2.45) is 34.5 Å². The summed E-state index contributed by atoms with van der Waals surface area (Å²) in [5.74, 6) is -1.05. The maximum Gasteiger partial charge on any atom is 0.411 e. The van der Waals surface area contributed by atoms with Crippen LogP contribution in [0.5, 0.6) is 0 Å². The van der Waals surface area contributed by atoms with Crippen molar-refractivity contribution in [2.75, 3.05) is 20.2 Å². The molecule has 0 aromatic carbocycles. The summed E-state index contributed by atoms with van der Waals surface area (Å²) in [6.45, 7) is 23.8. The number of rotatable bonds is 9. The van der Waals surface area contributed by atoms with Crippen LogP contribution in [0.4, 0.5) is 9.59 Å². The molecule has 0 bridgehead atoms. The normalized spacial score (nSPS) is 28.4. The smallest absolute Gasteiger partial charge is 0.411 e. The lowest BCUT2D eigenvalue weighted by Crippen LogP contribution is -2.54. The number of likely N-dealkylation sites (tertiary alicyclic amines) is 2. The number of hydrogen-bond acceptors (Lipinski definition) is 8. The van der Waals surface area contributed by atoms with E-state index in [9.17, 15) is 29.1 Å². The molecule has 0 aromatic heterocycles. The van der Waals surface area contributed by atoms with Crippen LogP contribution in [-0.4, -0.2) is 94.5 Å². The van der Waals surface area contributed by atoms with Crippen molar-refractivity contribution in [3.05, 3.63) is 12.7 Å². The van der Waals surface area contributed by atoms with Crippen LogP contribution in [-0.2, 0) is 28.6 Å². The molecule has 0 spiro atoms. The van der Waals surface area contributed by atoms with Crippen LogP contribution in [0.3, 0.4) is 0 Å². The molecule has 2 N–H and O–H groups in total. The Balaban J connectivity index is 0.000000284. The lowest BCUT2D eigenvalue weighted by molar-refractivity contribution is -0.146. The lowest BCUT2D eigenvalue weighted by atomic mass is 10.00. The minimum Gasteiger partial charge on any atom is -0.480 e. The number of fused-ring (bicyclic) bond motifs is 2. The lowest BCUT2D eigenvalue weighted by Gasteiger charge is -2.32. The number of aliphatic carboxylic acids is 1. The number of methoxy groups -OCH3 is 1. The van der Waals surface area contributed by atoms with Gasteiger partial charge in [-0.15, -0.1) is 6.58 Å². The maximum absolute atomic E-state index is 13.2. The third kappa shape index (κ3) is 8.59. The molecule has 4 aliphatic rings. The zero-order valence-corrected chi connectivity index (χ0v) is 30.2. The minimum atomic E-state index is -0.932. The summed E-state index contributed by atoms with van der Waals surface area (Å²) < 4.78 is 15.6. The van der Waals surface area contributed by atoms with E-state index in [0.29, 0.717) is 19.5 Å². The van der Waals surface area contributed by atoms with Gasteiger partial charge in [-0.2, -0.15) is 0 Å². The van der Waals surface area contributed by atoms with Crippen molar-refractivity contribution in [3.63, 3.8) is 0 Å². The van der Waals surface area contributed by atoms with Crippen molar-refractivity contribution < 1.29 is 43.3 Å². The third-order valence-electron chi connectivity index (χ3n) is 10.1. The minimum absolute atomic E-state index is 0.00869. The molecule has 4 rings (SSSR count). The predicted octanol–water partition coefficient (Wildman–Crippen LogP) is 5.24. The molecule has 2 saturated heterocycles. The van der Waals surface area contributed by atoms with Crippen LogP contribution < -0.4 is 5.32 Å². The number of piperidine rings is 2. The van der Waals surface area contributed by atoms with Crippen molar-refractivity contribution >= 4 is 30.0 Å². The molecule has 0 aromatic rings. The Kier molecular flexibility index (Phi) is 11.1. The Bertz CT molecular complexity index is 1230. The first kappa shape index (κ1) is 38.1. The molecule has 2 aliphatic heterocycles. The summed E-state index contributed by atoms with van der Waals surface area (Å²) in [4.78, 5) is 64.3. The van der Waals surface area contributed by atoms with Gasteiger partial charge in [-0.25, -0.2) is 19.2 Å². The summed E-state index contributed by atoms with van der Waals surface area (Å²) in [7, 11) is 1.31. The number of nitrogens with one attached hydrogen (secondary N) is 1. The van der Waals surface area contributed by atoms with Crippen LogP contribution in [0.15, 0.2) is 12.7 Å². The highest BCUT2D eigenvalue weighted by atomic mass is 16.6. The molecule has 3 amide bonds. The molecule has 2 unspecified atom stereocenters. The Hall–Kier alpha value is -3.31. The largest absolute Gasteiger partial charge is 0.480 e. The summed E-state index contributed by atoms with van der Waals surface area (Å²) >= 11 is 0. The molecule has 2 heterocycles. The maximum atomic E-state index is 13.2. The fraction of sp³-hybridized carbons (Fsp3) is 0.800. The monoisotopic (exact) mass is 663 g/mol. The highest BCUT2D eigenvalue weighted by molar-refractivity contribution is 5.91. The quantitative estimate of drug-likeness (QED) is 0.146.